The van der Waals surface area contributed by atoms with E-state index in [0.717, 1.165) is 4.47 Å². The Balaban J connectivity index is 2.32. The predicted molar refractivity (Wildman–Crippen MR) is 75.5 cm³/mol. The highest BCUT2D eigenvalue weighted by Crippen LogP contribution is 2.21. The van der Waals surface area contributed by atoms with Gasteiger partial charge >= 0.3 is 0 Å². The van der Waals surface area contributed by atoms with E-state index < -0.39 is 0 Å². The number of nitrogens with zero attached hydrogens (tertiary/aromatic N) is 2. The third kappa shape index (κ3) is 2.51. The van der Waals surface area contributed by atoms with Gasteiger partial charge in [-0.25, -0.2) is 4.98 Å². The van der Waals surface area contributed by atoms with Gasteiger partial charge in [-0.05, 0) is 30.3 Å². The molecule has 92 valence electrons. The molecule has 5 heteroatoms. The highest BCUT2D eigenvalue weighted by Gasteiger charge is 2.16. The Bertz CT molecular complexity index is 572. The number of hydrogen-bond acceptors (Lipinski definition) is 3. The fraction of sp³-hybridized carbons (Fsp3) is 0.0769. The van der Waals surface area contributed by atoms with Gasteiger partial charge in [0.05, 0.1) is 5.56 Å². The van der Waals surface area contributed by atoms with Gasteiger partial charge < -0.3 is 5.73 Å². The van der Waals surface area contributed by atoms with E-state index in [9.17, 15) is 4.79 Å². The summed E-state index contributed by atoms with van der Waals surface area (Å²) >= 11 is 3.31. The van der Waals surface area contributed by atoms with Crippen molar-refractivity contribution >= 4 is 33.3 Å². The van der Waals surface area contributed by atoms with Crippen LogP contribution in [0.4, 0.5) is 11.5 Å². The number of amides is 1. The summed E-state index contributed by atoms with van der Waals surface area (Å²) in [7, 11) is 1.67. The highest BCUT2D eigenvalue weighted by molar-refractivity contribution is 9.10. The summed E-state index contributed by atoms with van der Waals surface area (Å²) < 4.78 is 0.844. The summed E-state index contributed by atoms with van der Waals surface area (Å²) in [6.45, 7) is 0. The minimum atomic E-state index is -0.182. The van der Waals surface area contributed by atoms with E-state index >= 15 is 0 Å². The van der Waals surface area contributed by atoms with Crippen LogP contribution in [0.1, 0.15) is 10.4 Å². The molecule has 4 nitrogen and oxygen atoms in total. The van der Waals surface area contributed by atoms with E-state index in [1.807, 2.05) is 6.07 Å². The summed E-state index contributed by atoms with van der Waals surface area (Å²) in [5.74, 6) is 0.406. The molecule has 2 N–H and O–H groups in total. The highest BCUT2D eigenvalue weighted by atomic mass is 79.9. The number of benzene rings is 1. The van der Waals surface area contributed by atoms with Crippen LogP contribution >= 0.6 is 15.9 Å². The monoisotopic (exact) mass is 305 g/mol. The first kappa shape index (κ1) is 12.6. The average molecular weight is 306 g/mol. The largest absolute Gasteiger partial charge is 0.398 e. The molecule has 2 aromatic rings. The lowest BCUT2D eigenvalue weighted by atomic mass is 10.1. The molecule has 0 fully saturated rings. The minimum absolute atomic E-state index is 0.182. The lowest BCUT2D eigenvalue weighted by Crippen LogP contribution is -2.27. The standard InChI is InChI=1S/C13H12BrN3O/c1-17(12-4-2-3-7-16-12)13(18)10-6-5-9(14)8-11(10)15/h2-8H,15H2,1H3. The Labute approximate surface area is 114 Å². The second kappa shape index (κ2) is 5.18. The summed E-state index contributed by atoms with van der Waals surface area (Å²) in [6.07, 6.45) is 1.64. The lowest BCUT2D eigenvalue weighted by Gasteiger charge is -2.17. The number of rotatable bonds is 2. The first-order valence-electron chi connectivity index (χ1n) is 5.33. The molecule has 0 saturated carbocycles. The first-order chi connectivity index (χ1) is 8.59. The van der Waals surface area contributed by atoms with E-state index in [4.69, 9.17) is 5.73 Å². The van der Waals surface area contributed by atoms with Gasteiger partial charge in [-0.15, -0.1) is 0 Å². The van der Waals surface area contributed by atoms with Gasteiger partial charge in [-0.2, -0.15) is 0 Å². The number of anilines is 2. The van der Waals surface area contributed by atoms with Crippen LogP contribution in [0.5, 0.6) is 0 Å². The number of nitrogen functional groups attached to an aromatic ring is 1. The van der Waals surface area contributed by atoms with E-state index in [2.05, 4.69) is 20.9 Å². The van der Waals surface area contributed by atoms with Crippen LogP contribution in [-0.2, 0) is 0 Å². The summed E-state index contributed by atoms with van der Waals surface area (Å²) in [5.41, 5.74) is 6.75. The second-order valence-corrected chi connectivity index (χ2v) is 4.70. The maximum atomic E-state index is 12.3. The molecule has 0 spiro atoms. The Morgan fingerprint density at radius 1 is 1.33 bits per heavy atom. The third-order valence-electron chi connectivity index (χ3n) is 2.54. The van der Waals surface area contributed by atoms with Crippen molar-refractivity contribution in [2.24, 2.45) is 0 Å². The SMILES string of the molecule is CN(C(=O)c1ccc(Br)cc1N)c1ccccn1. The Morgan fingerprint density at radius 2 is 2.11 bits per heavy atom. The second-order valence-electron chi connectivity index (χ2n) is 3.78. The normalized spacial score (nSPS) is 10.1. The van der Waals surface area contributed by atoms with Gasteiger partial charge in [0.1, 0.15) is 5.82 Å². The molecule has 0 unspecified atom stereocenters. The van der Waals surface area contributed by atoms with Crippen LogP contribution in [0, 0.1) is 0 Å². The zero-order chi connectivity index (χ0) is 13.1. The van der Waals surface area contributed by atoms with Crippen LogP contribution < -0.4 is 10.6 Å². The Morgan fingerprint density at radius 3 is 2.72 bits per heavy atom. The fourth-order valence-corrected chi connectivity index (χ4v) is 1.94. The number of halogens is 1. The topological polar surface area (TPSA) is 59.2 Å². The predicted octanol–water partition coefficient (Wildman–Crippen LogP) is 2.70. The van der Waals surface area contributed by atoms with Crippen molar-refractivity contribution in [1.29, 1.82) is 0 Å². The molecule has 0 radical (unpaired) electrons. The molecule has 0 aliphatic rings. The van der Waals surface area contributed by atoms with Crippen LogP contribution in [-0.4, -0.2) is 17.9 Å². The summed E-state index contributed by atoms with van der Waals surface area (Å²) in [5, 5.41) is 0. The molecule has 1 aromatic carbocycles. The molecule has 1 amide bonds. The molecule has 0 saturated heterocycles. The number of carbonyl (C=O) groups excluding carboxylic acids is 1. The number of pyridine rings is 1. The smallest absolute Gasteiger partial charge is 0.261 e. The van der Waals surface area contributed by atoms with Gasteiger partial charge in [-0.3, -0.25) is 9.69 Å². The molecule has 0 atom stereocenters. The lowest BCUT2D eigenvalue weighted by molar-refractivity contribution is 0.0993. The van der Waals surface area contributed by atoms with Gasteiger partial charge in [0.2, 0.25) is 0 Å². The third-order valence-corrected chi connectivity index (χ3v) is 3.03. The van der Waals surface area contributed by atoms with E-state index in [1.54, 1.807) is 43.6 Å². The zero-order valence-corrected chi connectivity index (χ0v) is 11.4. The van der Waals surface area contributed by atoms with Gasteiger partial charge in [-0.1, -0.05) is 22.0 Å². The van der Waals surface area contributed by atoms with Crippen molar-refractivity contribution in [3.05, 3.63) is 52.6 Å². The Hall–Kier alpha value is -1.88. The van der Waals surface area contributed by atoms with Gasteiger partial charge in [0.15, 0.2) is 0 Å². The summed E-state index contributed by atoms with van der Waals surface area (Å²) in [6, 6.07) is 10.6. The molecular weight excluding hydrogens is 294 g/mol. The van der Waals surface area contributed by atoms with Crippen LogP contribution in [0.3, 0.4) is 0 Å². The van der Waals surface area contributed by atoms with E-state index in [-0.39, 0.29) is 5.91 Å². The molecule has 1 heterocycles. The van der Waals surface area contributed by atoms with E-state index in [1.165, 1.54) is 4.90 Å². The van der Waals surface area contributed by atoms with Crippen molar-refractivity contribution < 1.29 is 4.79 Å². The van der Waals surface area contributed by atoms with E-state index in [0.29, 0.717) is 17.1 Å². The summed E-state index contributed by atoms with van der Waals surface area (Å²) in [4.78, 5) is 17.9. The quantitative estimate of drug-likeness (QED) is 0.868. The molecule has 0 aliphatic heterocycles. The molecule has 0 aliphatic carbocycles. The maximum absolute atomic E-state index is 12.3. The van der Waals surface area contributed by atoms with Gasteiger partial charge in [0.25, 0.3) is 5.91 Å². The average Bonchev–Trinajstić information content (AvgIpc) is 2.38. The molecule has 0 bridgehead atoms. The van der Waals surface area contributed by atoms with Crippen molar-refractivity contribution in [2.45, 2.75) is 0 Å². The van der Waals surface area contributed by atoms with Crippen molar-refractivity contribution in [3.63, 3.8) is 0 Å². The number of aromatic nitrogens is 1. The van der Waals surface area contributed by atoms with Crippen LogP contribution in [0.25, 0.3) is 0 Å². The van der Waals surface area contributed by atoms with Crippen molar-refractivity contribution in [2.75, 3.05) is 17.7 Å². The number of nitrogens with two attached hydrogens (primary N) is 1. The molecule has 2 rings (SSSR count). The van der Waals surface area contributed by atoms with Crippen LogP contribution in [0.15, 0.2) is 47.1 Å². The zero-order valence-electron chi connectivity index (χ0n) is 9.80. The van der Waals surface area contributed by atoms with Crippen molar-refractivity contribution in [1.82, 2.24) is 4.98 Å². The molecule has 1 aromatic heterocycles. The fourth-order valence-electron chi connectivity index (χ4n) is 1.57. The molecular formula is C13H12BrN3O. The Kier molecular flexibility index (Phi) is 3.62. The first-order valence-corrected chi connectivity index (χ1v) is 6.13. The maximum Gasteiger partial charge on any atom is 0.261 e. The minimum Gasteiger partial charge on any atom is -0.398 e. The van der Waals surface area contributed by atoms with Crippen molar-refractivity contribution in [3.8, 4) is 0 Å². The van der Waals surface area contributed by atoms with Gasteiger partial charge in [0, 0.05) is 23.4 Å². The number of hydrogen-bond donors (Lipinski definition) is 1. The number of carbonyl (C=O) groups is 1. The molecule has 18 heavy (non-hydrogen) atoms. The van der Waals surface area contributed by atoms with Crippen LogP contribution in [0.2, 0.25) is 0 Å².